The van der Waals surface area contributed by atoms with E-state index in [0.717, 1.165) is 6.55 Å². The smallest absolute Gasteiger partial charge is 0.0575 e. The third-order valence-corrected chi connectivity index (χ3v) is 0.433. The SMILES string of the molecule is [2H]C=C([2H])C(C)(C)C. The van der Waals surface area contributed by atoms with Gasteiger partial charge in [-0.1, -0.05) is 26.8 Å². The van der Waals surface area contributed by atoms with Crippen LogP contribution in [0, 0.1) is 5.41 Å². The van der Waals surface area contributed by atoms with Crippen molar-refractivity contribution >= 4 is 0 Å². The number of hydrogen-bond acceptors (Lipinski definition) is 0. The second-order valence-electron chi connectivity index (χ2n) is 2.39. The van der Waals surface area contributed by atoms with Gasteiger partial charge in [-0.3, -0.25) is 0 Å². The highest BCUT2D eigenvalue weighted by molar-refractivity contribution is 4.82. The first-order valence-electron chi connectivity index (χ1n) is 3.12. The molecule has 0 saturated heterocycles. The molecule has 0 bridgehead atoms. The van der Waals surface area contributed by atoms with Crippen LogP contribution in [0.3, 0.4) is 0 Å². The minimum absolute atomic E-state index is 0.151. The van der Waals surface area contributed by atoms with Crippen LogP contribution in [0.4, 0.5) is 0 Å². The molecule has 0 unspecified atom stereocenters. The van der Waals surface area contributed by atoms with E-state index >= 15 is 0 Å². The summed E-state index contributed by atoms with van der Waals surface area (Å²) in [5.41, 5.74) is -0.151. The van der Waals surface area contributed by atoms with Crippen LogP contribution in [0.25, 0.3) is 0 Å². The molecular weight excluding hydrogens is 72.1 g/mol. The molecule has 6 heavy (non-hydrogen) atoms. The van der Waals surface area contributed by atoms with Crippen molar-refractivity contribution in [2.45, 2.75) is 20.8 Å². The van der Waals surface area contributed by atoms with E-state index in [4.69, 9.17) is 2.74 Å². The summed E-state index contributed by atoms with van der Waals surface area (Å²) in [6.07, 6.45) is 0. The Kier molecular flexibility index (Phi) is 0.691. The van der Waals surface area contributed by atoms with Crippen LogP contribution in [-0.2, 0) is 0 Å². The Morgan fingerprint density at radius 3 is 2.33 bits per heavy atom. The van der Waals surface area contributed by atoms with Crippen molar-refractivity contribution in [3.8, 4) is 0 Å². The normalized spacial score (nSPS) is 19.5. The lowest BCUT2D eigenvalue weighted by Crippen LogP contribution is -1.96. The molecule has 0 fully saturated rings. The van der Waals surface area contributed by atoms with E-state index in [1.165, 1.54) is 0 Å². The Hall–Kier alpha value is -0.260. The zero-order chi connectivity index (χ0) is 6.78. The first kappa shape index (κ1) is 2.84. The van der Waals surface area contributed by atoms with Crippen molar-refractivity contribution in [2.24, 2.45) is 5.41 Å². The van der Waals surface area contributed by atoms with E-state index in [9.17, 15) is 0 Å². The van der Waals surface area contributed by atoms with E-state index in [-0.39, 0.29) is 5.41 Å². The standard InChI is InChI=1S/C6H12/c1-5-6(2,3)4/h5H,1H2,2-4H3/i1D,5D. The summed E-state index contributed by atoms with van der Waals surface area (Å²) in [6.45, 7) is 6.83. The van der Waals surface area contributed by atoms with E-state index in [1.807, 2.05) is 20.8 Å². The Labute approximate surface area is 42.7 Å². The molecule has 0 radical (unpaired) electrons. The summed E-state index contributed by atoms with van der Waals surface area (Å²) in [5.74, 6) is 0. The average molecular weight is 86.2 g/mol. The van der Waals surface area contributed by atoms with Crippen LogP contribution in [-0.4, -0.2) is 0 Å². The van der Waals surface area contributed by atoms with E-state index < -0.39 is 0 Å². The molecule has 0 aromatic heterocycles. The third-order valence-electron chi connectivity index (χ3n) is 0.433. The zero-order valence-corrected chi connectivity index (χ0v) is 4.58. The lowest BCUT2D eigenvalue weighted by molar-refractivity contribution is 0.546. The van der Waals surface area contributed by atoms with Crippen molar-refractivity contribution in [2.75, 3.05) is 0 Å². The molecule has 0 aliphatic rings. The van der Waals surface area contributed by atoms with Crippen LogP contribution in [0.1, 0.15) is 23.5 Å². The molecule has 0 heteroatoms. The lowest BCUT2D eigenvalue weighted by atomic mass is 9.98. The molecule has 0 aliphatic carbocycles. The third kappa shape index (κ3) is 3.74. The summed E-state index contributed by atoms with van der Waals surface area (Å²) < 4.78 is 13.9. The summed E-state index contributed by atoms with van der Waals surface area (Å²) in [4.78, 5) is 0. The summed E-state index contributed by atoms with van der Waals surface area (Å²) in [6, 6.07) is 0.373. The molecule has 0 spiro atoms. The molecular formula is C6H12. The monoisotopic (exact) mass is 86.1 g/mol. The van der Waals surface area contributed by atoms with Gasteiger partial charge in [0.15, 0.2) is 0 Å². The maximum absolute atomic E-state index is 7.15. The molecule has 0 aromatic carbocycles. The second kappa shape index (κ2) is 1.46. The fourth-order valence-corrected chi connectivity index (χ4v) is 0. The fourth-order valence-electron chi connectivity index (χ4n) is 0. The van der Waals surface area contributed by atoms with Crippen LogP contribution < -0.4 is 0 Å². The Bertz CT molecular complexity index is 97.6. The van der Waals surface area contributed by atoms with Gasteiger partial charge in [0, 0.05) is 0 Å². The second-order valence-corrected chi connectivity index (χ2v) is 2.39. The van der Waals surface area contributed by atoms with E-state index in [0.29, 0.717) is 6.05 Å². The van der Waals surface area contributed by atoms with E-state index in [1.54, 1.807) is 0 Å². The molecule has 0 atom stereocenters. The zero-order valence-electron chi connectivity index (χ0n) is 6.58. The van der Waals surface area contributed by atoms with Crippen LogP contribution in [0.2, 0.25) is 0 Å². The number of allylic oxidation sites excluding steroid dienone is 1. The molecule has 0 nitrogen and oxygen atoms in total. The quantitative estimate of drug-likeness (QED) is 0.396. The summed E-state index contributed by atoms with van der Waals surface area (Å²) in [7, 11) is 0. The largest absolute Gasteiger partial charge is 0.103 e. The van der Waals surface area contributed by atoms with Crippen molar-refractivity contribution in [1.29, 1.82) is 0 Å². The fraction of sp³-hybridized carbons (Fsp3) is 0.667. The summed E-state index contributed by atoms with van der Waals surface area (Å²) in [5, 5.41) is 0. The molecule has 0 rings (SSSR count). The summed E-state index contributed by atoms with van der Waals surface area (Å²) >= 11 is 0. The maximum Gasteiger partial charge on any atom is 0.0575 e. The first-order valence-corrected chi connectivity index (χ1v) is 2.04. The van der Waals surface area contributed by atoms with Crippen LogP contribution in [0.15, 0.2) is 12.6 Å². The van der Waals surface area contributed by atoms with Crippen molar-refractivity contribution in [1.82, 2.24) is 0 Å². The lowest BCUT2D eigenvalue weighted by Gasteiger charge is -2.08. The molecule has 0 aromatic rings. The van der Waals surface area contributed by atoms with Crippen molar-refractivity contribution < 1.29 is 2.74 Å². The maximum atomic E-state index is 7.15. The molecule has 0 amide bonds. The molecule has 36 valence electrons. The first-order chi connectivity index (χ1) is 3.48. The highest BCUT2D eigenvalue weighted by Gasteiger charge is 1.99. The Morgan fingerprint density at radius 2 is 2.33 bits per heavy atom. The highest BCUT2D eigenvalue weighted by atomic mass is 14.0. The minimum Gasteiger partial charge on any atom is -0.103 e. The van der Waals surface area contributed by atoms with Crippen LogP contribution in [0.5, 0.6) is 0 Å². The molecule has 0 heterocycles. The Balaban J connectivity index is 4.03. The van der Waals surface area contributed by atoms with Gasteiger partial charge in [-0.25, -0.2) is 0 Å². The van der Waals surface area contributed by atoms with E-state index in [2.05, 4.69) is 0 Å². The minimum atomic E-state index is -0.151. The Morgan fingerprint density at radius 1 is 1.83 bits per heavy atom. The van der Waals surface area contributed by atoms with Crippen molar-refractivity contribution in [3.63, 3.8) is 0 Å². The van der Waals surface area contributed by atoms with Crippen molar-refractivity contribution in [3.05, 3.63) is 12.6 Å². The van der Waals surface area contributed by atoms with Gasteiger partial charge in [0.2, 0.25) is 0 Å². The topological polar surface area (TPSA) is 0 Å². The van der Waals surface area contributed by atoms with Gasteiger partial charge in [-0.15, -0.1) is 6.55 Å². The predicted octanol–water partition coefficient (Wildman–Crippen LogP) is 2.22. The van der Waals surface area contributed by atoms with Gasteiger partial charge >= 0.3 is 0 Å². The highest BCUT2D eigenvalue weighted by Crippen LogP contribution is 2.11. The number of hydrogen-bond donors (Lipinski definition) is 0. The van der Waals surface area contributed by atoms with Gasteiger partial charge in [0.25, 0.3) is 0 Å². The van der Waals surface area contributed by atoms with Gasteiger partial charge in [0.05, 0.1) is 2.74 Å². The van der Waals surface area contributed by atoms with Gasteiger partial charge < -0.3 is 0 Å². The van der Waals surface area contributed by atoms with Crippen LogP contribution >= 0.6 is 0 Å². The number of rotatable bonds is 0. The van der Waals surface area contributed by atoms with Gasteiger partial charge in [-0.05, 0) is 5.41 Å². The van der Waals surface area contributed by atoms with Gasteiger partial charge in [-0.2, -0.15) is 0 Å². The average Bonchev–Trinajstić information content (AvgIpc) is 1.62. The molecule has 0 N–H and O–H groups in total. The van der Waals surface area contributed by atoms with Gasteiger partial charge in [0.1, 0.15) is 0 Å². The molecule has 0 saturated carbocycles. The predicted molar refractivity (Wildman–Crippen MR) is 29.7 cm³/mol. The molecule has 0 aliphatic heterocycles.